The summed E-state index contributed by atoms with van der Waals surface area (Å²) in [6.45, 7) is 4.37. The molecule has 0 saturated carbocycles. The van der Waals surface area contributed by atoms with Crippen LogP contribution in [-0.4, -0.2) is 50.1 Å². The average Bonchev–Trinajstić information content (AvgIpc) is 3.05. The molecule has 3 rings (SSSR count). The molecule has 0 unspecified atom stereocenters. The predicted octanol–water partition coefficient (Wildman–Crippen LogP) is 9.26. The Kier molecular flexibility index (Phi) is 16.1. The van der Waals surface area contributed by atoms with Crippen LogP contribution < -0.4 is 0 Å². The van der Waals surface area contributed by atoms with Crippen molar-refractivity contribution < 1.29 is 36.6 Å². The second-order valence-corrected chi connectivity index (χ2v) is 17.5. The third-order valence-corrected chi connectivity index (χ3v) is 13.2. The van der Waals surface area contributed by atoms with E-state index < -0.39 is 63.7 Å². The molecule has 0 heterocycles. The van der Waals surface area contributed by atoms with Crippen LogP contribution in [0.1, 0.15) is 174 Å². The predicted molar refractivity (Wildman–Crippen MR) is 191 cm³/mol. The Morgan fingerprint density at radius 1 is 0.458 bits per heavy atom. The molecule has 0 amide bonds. The van der Waals surface area contributed by atoms with Gasteiger partial charge in [0.1, 0.15) is 11.5 Å². The molecule has 10 heteroatoms. The van der Waals surface area contributed by atoms with Crippen LogP contribution in [0.4, 0.5) is 0 Å². The van der Waals surface area contributed by atoms with Crippen molar-refractivity contribution in [2.45, 2.75) is 152 Å². The Balaban J connectivity index is 1.78. The summed E-state index contributed by atoms with van der Waals surface area (Å²) in [6, 6.07) is 4.16. The third-order valence-electron chi connectivity index (χ3n) is 9.39. The molecule has 1 aliphatic rings. The molecule has 1 aliphatic carbocycles. The molecule has 8 nitrogen and oxygen atoms in total. The first-order valence-electron chi connectivity index (χ1n) is 18.2. The van der Waals surface area contributed by atoms with Crippen molar-refractivity contribution in [3.63, 3.8) is 0 Å². The lowest BCUT2D eigenvalue weighted by Gasteiger charge is -2.22. The van der Waals surface area contributed by atoms with Crippen LogP contribution in [0.15, 0.2) is 34.1 Å². The van der Waals surface area contributed by atoms with Gasteiger partial charge >= 0.3 is 0 Å². The summed E-state index contributed by atoms with van der Waals surface area (Å²) in [4.78, 5) is 26.1. The van der Waals surface area contributed by atoms with Gasteiger partial charge in [-0.25, -0.2) is 16.8 Å². The number of sulfone groups is 2. The smallest absolute Gasteiger partial charge is 0.198 e. The van der Waals surface area contributed by atoms with Gasteiger partial charge < -0.3 is 10.2 Å². The van der Waals surface area contributed by atoms with Crippen LogP contribution in [0.5, 0.6) is 11.5 Å². The highest BCUT2D eigenvalue weighted by atomic mass is 32.2. The first-order valence-corrected chi connectivity index (χ1v) is 21.5. The van der Waals surface area contributed by atoms with Crippen molar-refractivity contribution in [3.05, 3.63) is 46.5 Å². The Morgan fingerprint density at radius 3 is 1.02 bits per heavy atom. The number of hydrogen-bond acceptors (Lipinski definition) is 8. The molecule has 0 radical (unpaired) electrons. The Hall–Kier alpha value is -2.72. The zero-order valence-electron chi connectivity index (χ0n) is 29.0. The maximum atomic E-state index is 13.8. The van der Waals surface area contributed by atoms with E-state index in [1.165, 1.54) is 51.4 Å². The van der Waals surface area contributed by atoms with Crippen molar-refractivity contribution in [2.24, 2.45) is 0 Å². The van der Waals surface area contributed by atoms with E-state index in [4.69, 9.17) is 0 Å². The number of benzene rings is 2. The zero-order valence-corrected chi connectivity index (χ0v) is 30.7. The summed E-state index contributed by atoms with van der Waals surface area (Å²) in [5.74, 6) is -3.32. The van der Waals surface area contributed by atoms with E-state index in [-0.39, 0.29) is 22.6 Å². The summed E-state index contributed by atoms with van der Waals surface area (Å²) in [6.07, 6.45) is 20.1. The van der Waals surface area contributed by atoms with Crippen molar-refractivity contribution in [1.29, 1.82) is 0 Å². The number of rotatable bonds is 24. The van der Waals surface area contributed by atoms with Crippen LogP contribution in [0.3, 0.4) is 0 Å². The summed E-state index contributed by atoms with van der Waals surface area (Å²) < 4.78 is 55.1. The minimum absolute atomic E-state index is 0.284. The van der Waals surface area contributed by atoms with Crippen LogP contribution in [-0.2, 0) is 19.7 Å². The monoisotopic (exact) mass is 704 g/mol. The number of aromatic hydroxyl groups is 2. The van der Waals surface area contributed by atoms with Gasteiger partial charge in [-0.15, -0.1) is 0 Å². The van der Waals surface area contributed by atoms with E-state index >= 15 is 0 Å². The highest BCUT2D eigenvalue weighted by molar-refractivity contribution is 7.94. The number of phenolic OH excluding ortho intramolecular Hbond substituents is 2. The highest BCUT2D eigenvalue weighted by Gasteiger charge is 2.38. The Labute approximate surface area is 288 Å². The minimum Gasteiger partial charge on any atom is -0.507 e. The number of fused-ring (bicyclic) bond motifs is 2. The maximum absolute atomic E-state index is 13.8. The third kappa shape index (κ3) is 10.9. The van der Waals surface area contributed by atoms with Crippen LogP contribution in [0.2, 0.25) is 0 Å². The lowest BCUT2D eigenvalue weighted by Crippen LogP contribution is -2.24. The summed E-state index contributed by atoms with van der Waals surface area (Å²) in [5.41, 5.74) is -1.45. The second kappa shape index (κ2) is 19.5. The Bertz CT molecular complexity index is 1470. The van der Waals surface area contributed by atoms with Gasteiger partial charge in [0.25, 0.3) is 0 Å². The SMILES string of the molecule is CCCCCCCCCCCCS(=O)(=O)c1cc2c(cc1S(=O)(=O)CCCCCCCCCCCC)C(=O)c1c(O)ccc(O)c1C2=O. The van der Waals surface area contributed by atoms with Crippen molar-refractivity contribution in [2.75, 3.05) is 11.5 Å². The molecule has 0 fully saturated rings. The number of unbranched alkanes of at least 4 members (excludes halogenated alkanes) is 18. The maximum Gasteiger partial charge on any atom is 0.198 e. The largest absolute Gasteiger partial charge is 0.507 e. The average molecular weight is 705 g/mol. The quantitative estimate of drug-likeness (QED) is 0.0694. The van der Waals surface area contributed by atoms with E-state index in [0.29, 0.717) is 25.7 Å². The molecule has 0 bridgehead atoms. The fourth-order valence-electron chi connectivity index (χ4n) is 6.51. The van der Waals surface area contributed by atoms with Crippen molar-refractivity contribution >= 4 is 31.2 Å². The molecule has 2 N–H and O–H groups in total. The zero-order chi connectivity index (χ0) is 35.2. The molecule has 268 valence electrons. The summed E-state index contributed by atoms with van der Waals surface area (Å²) in [7, 11) is -8.32. The molecule has 2 aromatic carbocycles. The van der Waals surface area contributed by atoms with Gasteiger partial charge in [-0.1, -0.05) is 129 Å². The lowest BCUT2D eigenvalue weighted by atomic mass is 9.83. The van der Waals surface area contributed by atoms with E-state index in [9.17, 15) is 36.6 Å². The van der Waals surface area contributed by atoms with Gasteiger partial charge in [0.2, 0.25) is 0 Å². The first-order chi connectivity index (χ1) is 23.0. The highest BCUT2D eigenvalue weighted by Crippen LogP contribution is 2.40. The summed E-state index contributed by atoms with van der Waals surface area (Å²) in [5, 5.41) is 20.8. The van der Waals surface area contributed by atoms with Gasteiger partial charge in [0.15, 0.2) is 31.2 Å². The molecule has 0 aliphatic heterocycles. The molecule has 48 heavy (non-hydrogen) atoms. The van der Waals surface area contributed by atoms with E-state index in [1.807, 2.05) is 0 Å². The van der Waals surface area contributed by atoms with E-state index in [2.05, 4.69) is 13.8 Å². The number of phenols is 2. The lowest BCUT2D eigenvalue weighted by molar-refractivity contribution is 0.0973. The number of carbonyl (C=O) groups is 2. The van der Waals surface area contributed by atoms with Gasteiger partial charge in [-0.2, -0.15) is 0 Å². The van der Waals surface area contributed by atoms with Crippen molar-refractivity contribution in [1.82, 2.24) is 0 Å². The van der Waals surface area contributed by atoms with Crippen LogP contribution >= 0.6 is 0 Å². The van der Waals surface area contributed by atoms with Crippen LogP contribution in [0, 0.1) is 0 Å². The number of carbonyl (C=O) groups excluding carboxylic acids is 2. The molecule has 0 spiro atoms. The second-order valence-electron chi connectivity index (χ2n) is 13.4. The van der Waals surface area contributed by atoms with E-state index in [0.717, 1.165) is 75.6 Å². The molecule has 0 atom stereocenters. The topological polar surface area (TPSA) is 143 Å². The standard InChI is InChI=1S/C38H56O8S2/c1-3-5-7-9-11-13-15-17-19-21-25-47(43,44)33-27-29-30(38(42)36-32(40)24-23-31(39)35(36)37(29)41)28-34(33)48(45,46)26-22-20-18-16-14-12-10-8-6-4-2/h23-24,27-28,39-40H,3-22,25-26H2,1-2H3. The molecular formula is C38H56O8S2. The molecule has 0 aromatic heterocycles. The summed E-state index contributed by atoms with van der Waals surface area (Å²) >= 11 is 0. The minimum atomic E-state index is -4.16. The van der Waals surface area contributed by atoms with E-state index in [1.54, 1.807) is 0 Å². The van der Waals surface area contributed by atoms with Gasteiger partial charge in [-0.3, -0.25) is 9.59 Å². The Morgan fingerprint density at radius 2 is 0.729 bits per heavy atom. The first kappa shape index (κ1) is 39.7. The number of ketones is 2. The molecule has 2 aromatic rings. The van der Waals surface area contributed by atoms with Gasteiger partial charge in [-0.05, 0) is 37.1 Å². The fourth-order valence-corrected chi connectivity index (χ4v) is 10.2. The molecular weight excluding hydrogens is 649 g/mol. The normalized spacial score (nSPS) is 13.1. The van der Waals surface area contributed by atoms with Crippen LogP contribution in [0.25, 0.3) is 0 Å². The van der Waals surface area contributed by atoms with Gasteiger partial charge in [0, 0.05) is 11.1 Å². The fraction of sp³-hybridized carbons (Fsp3) is 0.632. The number of hydrogen-bond donors (Lipinski definition) is 2. The van der Waals surface area contributed by atoms with Gasteiger partial charge in [0.05, 0.1) is 32.4 Å². The van der Waals surface area contributed by atoms with Crippen molar-refractivity contribution in [3.8, 4) is 11.5 Å². The molecule has 0 saturated heterocycles.